The maximum absolute atomic E-state index is 13.2. The summed E-state index contributed by atoms with van der Waals surface area (Å²) in [6, 6.07) is 11.5. The van der Waals surface area contributed by atoms with Crippen molar-refractivity contribution < 1.29 is 19.1 Å². The molecule has 0 fully saturated rings. The number of primary amides is 1. The number of aryl methyl sites for hydroxylation is 1. The monoisotopic (exact) mass is 394 g/mol. The summed E-state index contributed by atoms with van der Waals surface area (Å²) in [4.78, 5) is 39.7. The number of nitrogens with two attached hydrogens (primary N) is 2. The van der Waals surface area contributed by atoms with Gasteiger partial charge in [-0.05, 0) is 31.0 Å². The number of nitrogen functional groups attached to an aromatic ring is 1. The van der Waals surface area contributed by atoms with Gasteiger partial charge in [-0.15, -0.1) is 0 Å². The molecule has 29 heavy (non-hydrogen) atoms. The molecule has 5 N–H and O–H groups in total. The first-order chi connectivity index (χ1) is 13.7. The molecule has 8 heteroatoms. The SMILES string of the molecule is CCOC(Cc1ccc(C(=N)N)cc1)(C(N)=O)N1C(=O)c2cccc(C)c2C1=O. The molecule has 0 spiro atoms. The maximum atomic E-state index is 13.2. The predicted molar refractivity (Wildman–Crippen MR) is 106 cm³/mol. The summed E-state index contributed by atoms with van der Waals surface area (Å²) >= 11 is 0. The van der Waals surface area contributed by atoms with E-state index in [9.17, 15) is 14.4 Å². The Morgan fingerprint density at radius 2 is 1.76 bits per heavy atom. The number of benzene rings is 2. The highest BCUT2D eigenvalue weighted by atomic mass is 16.5. The number of imide groups is 1. The molecule has 3 rings (SSSR count). The van der Waals surface area contributed by atoms with E-state index in [0.29, 0.717) is 16.7 Å². The number of amides is 3. The minimum atomic E-state index is -1.98. The lowest BCUT2D eigenvalue weighted by atomic mass is 9.98. The lowest BCUT2D eigenvalue weighted by Crippen LogP contribution is -2.62. The van der Waals surface area contributed by atoms with Gasteiger partial charge in [-0.25, -0.2) is 4.90 Å². The van der Waals surface area contributed by atoms with Crippen LogP contribution in [0, 0.1) is 12.3 Å². The van der Waals surface area contributed by atoms with Gasteiger partial charge < -0.3 is 16.2 Å². The Labute approximate surface area is 167 Å². The van der Waals surface area contributed by atoms with Gasteiger partial charge in [-0.3, -0.25) is 19.8 Å². The third kappa shape index (κ3) is 3.27. The van der Waals surface area contributed by atoms with Crippen LogP contribution in [0.1, 0.15) is 44.3 Å². The van der Waals surface area contributed by atoms with Gasteiger partial charge >= 0.3 is 0 Å². The Morgan fingerprint density at radius 3 is 2.28 bits per heavy atom. The van der Waals surface area contributed by atoms with Crippen LogP contribution in [-0.4, -0.2) is 40.8 Å². The van der Waals surface area contributed by atoms with Gasteiger partial charge in [0.15, 0.2) is 0 Å². The van der Waals surface area contributed by atoms with Crippen molar-refractivity contribution in [3.8, 4) is 0 Å². The number of ether oxygens (including phenoxy) is 1. The summed E-state index contributed by atoms with van der Waals surface area (Å²) in [6.45, 7) is 3.43. The zero-order valence-electron chi connectivity index (χ0n) is 16.2. The standard InChI is InChI=1S/C21H22N4O4/c1-3-29-21(20(24)28,11-13-7-9-14(10-8-13)17(22)23)25-18(26)15-6-4-5-12(2)16(15)19(25)27/h4-10H,3,11H2,1-2H3,(H3,22,23)(H2,24,28). The van der Waals surface area contributed by atoms with Crippen LogP contribution in [-0.2, 0) is 16.0 Å². The first kappa shape index (κ1) is 20.2. The molecular weight excluding hydrogens is 372 g/mol. The van der Waals surface area contributed by atoms with E-state index in [1.165, 1.54) is 0 Å². The second-order valence-corrected chi connectivity index (χ2v) is 6.81. The zero-order valence-corrected chi connectivity index (χ0v) is 16.2. The molecule has 1 unspecified atom stereocenters. The summed E-state index contributed by atoms with van der Waals surface area (Å²) in [5.74, 6) is -2.28. The fraction of sp³-hybridized carbons (Fsp3) is 0.238. The average molecular weight is 394 g/mol. The molecule has 1 aliphatic rings. The van der Waals surface area contributed by atoms with Crippen LogP contribution in [0.2, 0.25) is 0 Å². The van der Waals surface area contributed by atoms with Crippen molar-refractivity contribution >= 4 is 23.6 Å². The van der Waals surface area contributed by atoms with Crippen LogP contribution in [0.25, 0.3) is 0 Å². The van der Waals surface area contributed by atoms with Crippen LogP contribution in [0.15, 0.2) is 42.5 Å². The molecule has 1 atom stereocenters. The van der Waals surface area contributed by atoms with Crippen molar-refractivity contribution in [2.45, 2.75) is 26.0 Å². The van der Waals surface area contributed by atoms with Crippen molar-refractivity contribution in [3.05, 3.63) is 70.3 Å². The fourth-order valence-corrected chi connectivity index (χ4v) is 3.56. The number of amidine groups is 1. The first-order valence-electron chi connectivity index (χ1n) is 9.08. The molecule has 1 aliphatic heterocycles. The number of nitrogens with zero attached hydrogens (tertiary/aromatic N) is 1. The van der Waals surface area contributed by atoms with Gasteiger partial charge in [-0.1, -0.05) is 36.4 Å². The molecule has 0 saturated carbocycles. The molecule has 1 heterocycles. The normalized spacial score (nSPS) is 15.2. The highest BCUT2D eigenvalue weighted by Crippen LogP contribution is 2.34. The van der Waals surface area contributed by atoms with Gasteiger partial charge in [0.05, 0.1) is 11.1 Å². The molecule has 0 aromatic heterocycles. The Kier molecular flexibility index (Phi) is 5.21. The van der Waals surface area contributed by atoms with Crippen LogP contribution in [0.4, 0.5) is 0 Å². The number of hydrogen-bond donors (Lipinski definition) is 3. The highest BCUT2D eigenvalue weighted by Gasteiger charge is 2.54. The molecule has 0 aliphatic carbocycles. The van der Waals surface area contributed by atoms with E-state index in [0.717, 1.165) is 4.90 Å². The Bertz CT molecular complexity index is 1020. The topological polar surface area (TPSA) is 140 Å². The number of fused-ring (bicyclic) bond motifs is 1. The number of carbonyl (C=O) groups excluding carboxylic acids is 3. The van der Waals surface area contributed by atoms with E-state index in [4.69, 9.17) is 21.6 Å². The smallest absolute Gasteiger partial charge is 0.271 e. The summed E-state index contributed by atoms with van der Waals surface area (Å²) in [5.41, 5.74) is 11.4. The molecule has 0 radical (unpaired) electrons. The Hall–Kier alpha value is -3.52. The quantitative estimate of drug-likeness (QED) is 0.369. The van der Waals surface area contributed by atoms with E-state index in [2.05, 4.69) is 0 Å². The Morgan fingerprint density at radius 1 is 1.10 bits per heavy atom. The van der Waals surface area contributed by atoms with Crippen LogP contribution in [0.5, 0.6) is 0 Å². The second kappa shape index (κ2) is 7.48. The van der Waals surface area contributed by atoms with Crippen molar-refractivity contribution in [1.29, 1.82) is 5.41 Å². The number of nitrogens with one attached hydrogen (secondary N) is 1. The third-order valence-electron chi connectivity index (χ3n) is 4.96. The van der Waals surface area contributed by atoms with Crippen LogP contribution in [0.3, 0.4) is 0 Å². The lowest BCUT2D eigenvalue weighted by molar-refractivity contribution is -0.161. The molecule has 2 aromatic rings. The number of carbonyl (C=O) groups is 3. The summed E-state index contributed by atoms with van der Waals surface area (Å²) in [5, 5.41) is 7.48. The van der Waals surface area contributed by atoms with E-state index in [1.54, 1.807) is 56.3 Å². The number of rotatable bonds is 7. The van der Waals surface area contributed by atoms with Gasteiger partial charge in [0.2, 0.25) is 5.72 Å². The first-order valence-corrected chi connectivity index (χ1v) is 9.08. The molecule has 8 nitrogen and oxygen atoms in total. The highest BCUT2D eigenvalue weighted by molar-refractivity contribution is 6.23. The number of hydrogen-bond acceptors (Lipinski definition) is 5. The lowest BCUT2D eigenvalue weighted by Gasteiger charge is -2.37. The average Bonchev–Trinajstić information content (AvgIpc) is 2.93. The van der Waals surface area contributed by atoms with Crippen molar-refractivity contribution in [3.63, 3.8) is 0 Å². The van der Waals surface area contributed by atoms with Gasteiger partial charge in [0.1, 0.15) is 5.84 Å². The molecular formula is C21H22N4O4. The minimum Gasteiger partial charge on any atom is -0.384 e. The fourth-order valence-electron chi connectivity index (χ4n) is 3.56. The zero-order chi connectivity index (χ0) is 21.3. The third-order valence-corrected chi connectivity index (χ3v) is 4.96. The molecule has 150 valence electrons. The van der Waals surface area contributed by atoms with E-state index in [1.807, 2.05) is 0 Å². The maximum Gasteiger partial charge on any atom is 0.271 e. The minimum absolute atomic E-state index is 0.0564. The van der Waals surface area contributed by atoms with Crippen molar-refractivity contribution in [2.75, 3.05) is 6.61 Å². The van der Waals surface area contributed by atoms with Crippen molar-refractivity contribution in [2.24, 2.45) is 11.5 Å². The Balaban J connectivity index is 2.09. The van der Waals surface area contributed by atoms with Crippen molar-refractivity contribution in [1.82, 2.24) is 4.90 Å². The van der Waals surface area contributed by atoms with Crippen LogP contribution < -0.4 is 11.5 Å². The van der Waals surface area contributed by atoms with E-state index >= 15 is 0 Å². The van der Waals surface area contributed by atoms with Crippen LogP contribution >= 0.6 is 0 Å². The second-order valence-electron chi connectivity index (χ2n) is 6.81. The van der Waals surface area contributed by atoms with Gasteiger partial charge in [-0.2, -0.15) is 0 Å². The molecule has 0 bridgehead atoms. The predicted octanol–water partition coefficient (Wildman–Crippen LogP) is 1.34. The van der Waals surface area contributed by atoms with Gasteiger partial charge in [0.25, 0.3) is 17.7 Å². The van der Waals surface area contributed by atoms with E-state index < -0.39 is 23.4 Å². The van der Waals surface area contributed by atoms with E-state index in [-0.39, 0.29) is 30.0 Å². The largest absolute Gasteiger partial charge is 0.384 e. The summed E-state index contributed by atoms with van der Waals surface area (Å²) in [6.07, 6.45) is -0.126. The summed E-state index contributed by atoms with van der Waals surface area (Å²) in [7, 11) is 0. The van der Waals surface area contributed by atoms with Gasteiger partial charge in [0, 0.05) is 18.6 Å². The molecule has 2 aromatic carbocycles. The molecule has 3 amide bonds. The molecule has 0 saturated heterocycles. The summed E-state index contributed by atoms with van der Waals surface area (Å²) < 4.78 is 5.71.